The van der Waals surface area contributed by atoms with Crippen molar-refractivity contribution in [2.24, 2.45) is 0 Å². The molecule has 0 atom stereocenters. The molecular formula is C20H20N4OS. The first-order valence-electron chi connectivity index (χ1n) is 8.43. The van der Waals surface area contributed by atoms with Gasteiger partial charge in [-0.05, 0) is 36.2 Å². The first-order chi connectivity index (χ1) is 12.7. The maximum atomic E-state index is 5.36. The molecule has 0 unspecified atom stereocenters. The van der Waals surface area contributed by atoms with Gasteiger partial charge in [-0.15, -0.1) is 11.3 Å². The Hall–Kier alpha value is -2.86. The summed E-state index contributed by atoms with van der Waals surface area (Å²) in [7, 11) is 1.70. The third-order valence-electron chi connectivity index (χ3n) is 4.26. The van der Waals surface area contributed by atoms with Crippen LogP contribution in [-0.2, 0) is 13.1 Å². The third-order valence-corrected chi connectivity index (χ3v) is 5.28. The van der Waals surface area contributed by atoms with Crippen molar-refractivity contribution in [3.8, 4) is 5.75 Å². The van der Waals surface area contributed by atoms with Crippen LogP contribution in [0.1, 0.15) is 16.8 Å². The molecule has 2 heterocycles. The summed E-state index contributed by atoms with van der Waals surface area (Å²) in [5.74, 6) is 0.872. The molecule has 0 amide bonds. The summed E-state index contributed by atoms with van der Waals surface area (Å²) < 4.78 is 5.36. The van der Waals surface area contributed by atoms with Crippen molar-refractivity contribution in [1.82, 2.24) is 15.2 Å². The van der Waals surface area contributed by atoms with Crippen LogP contribution in [0, 0.1) is 6.92 Å². The monoisotopic (exact) mass is 364 g/mol. The lowest BCUT2D eigenvalue weighted by atomic mass is 10.1. The molecule has 1 N–H and O–H groups in total. The predicted molar refractivity (Wildman–Crippen MR) is 106 cm³/mol. The van der Waals surface area contributed by atoms with Gasteiger partial charge in [0.15, 0.2) is 5.13 Å². The van der Waals surface area contributed by atoms with E-state index in [-0.39, 0.29) is 0 Å². The standard InChI is InChI=1S/C20H20N4OS/c1-14-13-26-20(22-14)24(11-15-4-3-5-18(8-15)25-2)12-16-6-7-17-10-21-23-19(17)9-16/h3-10,13H,11-12H2,1-2H3,(H,21,23). The van der Waals surface area contributed by atoms with E-state index in [0.29, 0.717) is 0 Å². The van der Waals surface area contributed by atoms with Crippen LogP contribution in [0.15, 0.2) is 54.0 Å². The molecule has 6 heteroatoms. The van der Waals surface area contributed by atoms with Gasteiger partial charge in [0.2, 0.25) is 0 Å². The minimum atomic E-state index is 0.769. The lowest BCUT2D eigenvalue weighted by molar-refractivity contribution is 0.414. The molecule has 4 rings (SSSR count). The molecule has 0 radical (unpaired) electrons. The second kappa shape index (κ2) is 7.17. The topological polar surface area (TPSA) is 54.0 Å². The molecule has 132 valence electrons. The zero-order chi connectivity index (χ0) is 17.9. The first kappa shape index (κ1) is 16.6. The van der Waals surface area contributed by atoms with Gasteiger partial charge in [0, 0.05) is 23.9 Å². The summed E-state index contributed by atoms with van der Waals surface area (Å²) in [6, 6.07) is 14.6. The Kier molecular flexibility index (Phi) is 4.58. The number of methoxy groups -OCH3 is 1. The van der Waals surface area contributed by atoms with E-state index in [2.05, 4.69) is 50.8 Å². The number of aromatic nitrogens is 3. The Labute approximate surface area is 156 Å². The second-order valence-corrected chi connectivity index (χ2v) is 7.11. The number of benzene rings is 2. The minimum absolute atomic E-state index is 0.769. The van der Waals surface area contributed by atoms with Crippen LogP contribution >= 0.6 is 11.3 Å². The average molecular weight is 364 g/mol. The fourth-order valence-electron chi connectivity index (χ4n) is 2.97. The summed E-state index contributed by atoms with van der Waals surface area (Å²) in [5, 5.41) is 11.4. The van der Waals surface area contributed by atoms with Gasteiger partial charge in [0.1, 0.15) is 5.75 Å². The van der Waals surface area contributed by atoms with Crippen LogP contribution in [0.2, 0.25) is 0 Å². The zero-order valence-electron chi connectivity index (χ0n) is 14.8. The van der Waals surface area contributed by atoms with E-state index in [1.165, 1.54) is 11.1 Å². The molecule has 0 aliphatic heterocycles. The number of hydrogen-bond acceptors (Lipinski definition) is 5. The number of aryl methyl sites for hydroxylation is 1. The van der Waals surface area contributed by atoms with Gasteiger partial charge in [-0.1, -0.05) is 24.3 Å². The quantitative estimate of drug-likeness (QED) is 0.546. The SMILES string of the molecule is COc1cccc(CN(Cc2ccc3cn[nH]c3c2)c2nc(C)cs2)c1. The molecule has 0 aliphatic rings. The van der Waals surface area contributed by atoms with Gasteiger partial charge in [-0.25, -0.2) is 4.98 Å². The molecule has 0 saturated carbocycles. The van der Waals surface area contributed by atoms with Crippen molar-refractivity contribution in [3.63, 3.8) is 0 Å². The van der Waals surface area contributed by atoms with E-state index < -0.39 is 0 Å². The van der Waals surface area contributed by atoms with Gasteiger partial charge in [0.05, 0.1) is 24.5 Å². The van der Waals surface area contributed by atoms with Crippen molar-refractivity contribution in [2.45, 2.75) is 20.0 Å². The molecule has 0 saturated heterocycles. The average Bonchev–Trinajstić information content (AvgIpc) is 3.29. The number of nitrogens with one attached hydrogen (secondary N) is 1. The van der Waals surface area contributed by atoms with E-state index in [4.69, 9.17) is 9.72 Å². The van der Waals surface area contributed by atoms with Crippen molar-refractivity contribution >= 4 is 27.4 Å². The molecule has 5 nitrogen and oxygen atoms in total. The van der Waals surface area contributed by atoms with Gasteiger partial charge < -0.3 is 9.64 Å². The molecule has 0 aliphatic carbocycles. The Morgan fingerprint density at radius 3 is 2.73 bits per heavy atom. The normalized spacial score (nSPS) is 11.0. The number of rotatable bonds is 6. The molecule has 0 fully saturated rings. The summed E-state index contributed by atoms with van der Waals surface area (Å²) in [5.41, 5.74) is 4.51. The van der Waals surface area contributed by atoms with E-state index in [1.807, 2.05) is 25.3 Å². The molecule has 4 aromatic rings. The second-order valence-electron chi connectivity index (χ2n) is 6.27. The Balaban J connectivity index is 1.63. The highest BCUT2D eigenvalue weighted by Crippen LogP contribution is 2.26. The first-order valence-corrected chi connectivity index (χ1v) is 9.31. The number of hydrogen-bond donors (Lipinski definition) is 1. The zero-order valence-corrected chi connectivity index (χ0v) is 15.6. The Morgan fingerprint density at radius 2 is 1.96 bits per heavy atom. The molecule has 26 heavy (non-hydrogen) atoms. The fraction of sp³-hybridized carbons (Fsp3) is 0.200. The van der Waals surface area contributed by atoms with E-state index in [0.717, 1.165) is 40.6 Å². The number of aromatic amines is 1. The minimum Gasteiger partial charge on any atom is -0.497 e. The van der Waals surface area contributed by atoms with Crippen LogP contribution in [0.25, 0.3) is 10.9 Å². The lowest BCUT2D eigenvalue weighted by Crippen LogP contribution is -2.22. The summed E-state index contributed by atoms with van der Waals surface area (Å²) in [4.78, 5) is 6.99. The Morgan fingerprint density at radius 1 is 1.12 bits per heavy atom. The number of H-pyrrole nitrogens is 1. The van der Waals surface area contributed by atoms with Crippen LogP contribution < -0.4 is 9.64 Å². The van der Waals surface area contributed by atoms with Crippen molar-refractivity contribution in [2.75, 3.05) is 12.0 Å². The van der Waals surface area contributed by atoms with Gasteiger partial charge in [0.25, 0.3) is 0 Å². The predicted octanol–water partition coefficient (Wildman–Crippen LogP) is 4.54. The number of nitrogens with zero attached hydrogens (tertiary/aromatic N) is 3. The molecule has 0 bridgehead atoms. The van der Waals surface area contributed by atoms with Crippen LogP contribution in [0.3, 0.4) is 0 Å². The largest absolute Gasteiger partial charge is 0.497 e. The molecule has 2 aromatic heterocycles. The van der Waals surface area contributed by atoms with Crippen molar-refractivity contribution < 1.29 is 4.74 Å². The maximum Gasteiger partial charge on any atom is 0.186 e. The highest BCUT2D eigenvalue weighted by Gasteiger charge is 2.13. The van der Waals surface area contributed by atoms with E-state index in [9.17, 15) is 0 Å². The number of ether oxygens (including phenoxy) is 1. The van der Waals surface area contributed by atoms with Crippen LogP contribution in [0.5, 0.6) is 5.75 Å². The molecule has 2 aromatic carbocycles. The summed E-state index contributed by atoms with van der Waals surface area (Å²) >= 11 is 1.67. The number of thiazole rings is 1. The summed E-state index contributed by atoms with van der Waals surface area (Å²) in [6.07, 6.45) is 1.84. The van der Waals surface area contributed by atoms with Crippen molar-refractivity contribution in [1.29, 1.82) is 0 Å². The highest BCUT2D eigenvalue weighted by atomic mass is 32.1. The highest BCUT2D eigenvalue weighted by molar-refractivity contribution is 7.13. The van der Waals surface area contributed by atoms with Crippen LogP contribution in [-0.4, -0.2) is 22.3 Å². The summed E-state index contributed by atoms with van der Waals surface area (Å²) in [6.45, 7) is 3.57. The molecule has 0 spiro atoms. The number of fused-ring (bicyclic) bond motifs is 1. The third kappa shape index (κ3) is 3.55. The van der Waals surface area contributed by atoms with Gasteiger partial charge in [-0.2, -0.15) is 5.10 Å². The Bertz CT molecular complexity index is 1020. The van der Waals surface area contributed by atoms with Gasteiger partial charge in [-0.3, -0.25) is 5.10 Å². The molecular weight excluding hydrogens is 344 g/mol. The fourth-order valence-corrected chi connectivity index (χ4v) is 3.78. The van der Waals surface area contributed by atoms with E-state index >= 15 is 0 Å². The number of anilines is 1. The van der Waals surface area contributed by atoms with Crippen LogP contribution in [0.4, 0.5) is 5.13 Å². The maximum absolute atomic E-state index is 5.36. The smallest absolute Gasteiger partial charge is 0.186 e. The lowest BCUT2D eigenvalue weighted by Gasteiger charge is -2.22. The van der Waals surface area contributed by atoms with Gasteiger partial charge >= 0.3 is 0 Å². The van der Waals surface area contributed by atoms with Crippen molar-refractivity contribution in [3.05, 3.63) is 70.9 Å². The van der Waals surface area contributed by atoms with E-state index in [1.54, 1.807) is 18.4 Å².